The van der Waals surface area contributed by atoms with Gasteiger partial charge in [0, 0.05) is 22.5 Å². The van der Waals surface area contributed by atoms with Crippen LogP contribution in [0.1, 0.15) is 49.4 Å². The van der Waals surface area contributed by atoms with Crippen LogP contribution in [0.3, 0.4) is 0 Å². The quantitative estimate of drug-likeness (QED) is 0.404. The van der Waals surface area contributed by atoms with E-state index < -0.39 is 15.6 Å². The monoisotopic (exact) mass is 470 g/mol. The zero-order valence-corrected chi connectivity index (χ0v) is 19.3. The van der Waals surface area contributed by atoms with Gasteiger partial charge in [-0.1, -0.05) is 41.9 Å². The molecule has 7 nitrogen and oxygen atoms in total. The minimum absolute atomic E-state index is 0.336. The third-order valence-corrected chi connectivity index (χ3v) is 6.85. The first-order chi connectivity index (χ1) is 15.3. The molecule has 9 heteroatoms. The van der Waals surface area contributed by atoms with Gasteiger partial charge >= 0.3 is 0 Å². The number of rotatable bonds is 7. The second-order valence-electron chi connectivity index (χ2n) is 8.25. The van der Waals surface area contributed by atoms with Gasteiger partial charge in [0.05, 0.1) is 17.5 Å². The zero-order chi connectivity index (χ0) is 22.5. The predicted octanol–water partition coefficient (Wildman–Crippen LogP) is 5.13. The smallest absolute Gasteiger partial charge is 0.229 e. The van der Waals surface area contributed by atoms with Crippen LogP contribution in [0.4, 0.5) is 5.69 Å². The summed E-state index contributed by atoms with van der Waals surface area (Å²) in [5.41, 5.74) is 1.59. The Morgan fingerprint density at radius 2 is 1.94 bits per heavy atom. The molecule has 1 N–H and O–H groups in total. The fourth-order valence-electron chi connectivity index (χ4n) is 4.32. The molecular weight excluding hydrogens is 448 g/mol. The fraction of sp³-hybridized carbons (Fsp3) is 0.304. The Balaban J connectivity index is 1.76. The SMILES string of the molecule is CC[C@@](c1ccc(Cl)cc1)(c1noc(C2CC2)n1)n1ccc2c(NS(C)(=O)=O)cccc21. The number of halogens is 1. The van der Waals surface area contributed by atoms with E-state index in [1.54, 1.807) is 6.07 Å². The van der Waals surface area contributed by atoms with E-state index in [9.17, 15) is 8.42 Å². The highest BCUT2D eigenvalue weighted by atomic mass is 35.5. The number of anilines is 1. The van der Waals surface area contributed by atoms with E-state index in [1.807, 2.05) is 48.7 Å². The van der Waals surface area contributed by atoms with E-state index in [2.05, 4.69) is 21.4 Å². The van der Waals surface area contributed by atoms with Crippen molar-refractivity contribution in [2.45, 2.75) is 37.6 Å². The average Bonchev–Trinajstić information content (AvgIpc) is 3.31. The molecule has 0 bridgehead atoms. The highest BCUT2D eigenvalue weighted by molar-refractivity contribution is 7.92. The molecule has 1 fully saturated rings. The summed E-state index contributed by atoms with van der Waals surface area (Å²) >= 11 is 6.19. The Hall–Kier alpha value is -2.84. The average molecular weight is 471 g/mol. The van der Waals surface area contributed by atoms with Crippen molar-refractivity contribution in [3.05, 3.63) is 77.0 Å². The zero-order valence-electron chi connectivity index (χ0n) is 17.7. The van der Waals surface area contributed by atoms with Gasteiger partial charge in [0.15, 0.2) is 0 Å². The summed E-state index contributed by atoms with van der Waals surface area (Å²) in [6.45, 7) is 2.08. The molecule has 1 atom stereocenters. The lowest BCUT2D eigenvalue weighted by atomic mass is 9.85. The predicted molar refractivity (Wildman–Crippen MR) is 125 cm³/mol. The van der Waals surface area contributed by atoms with E-state index in [4.69, 9.17) is 21.1 Å². The molecule has 0 saturated heterocycles. The van der Waals surface area contributed by atoms with E-state index in [1.165, 1.54) is 0 Å². The minimum atomic E-state index is -3.42. The Labute approximate surface area is 191 Å². The summed E-state index contributed by atoms with van der Waals surface area (Å²) in [7, 11) is -3.42. The number of fused-ring (bicyclic) bond motifs is 1. The fourth-order valence-corrected chi connectivity index (χ4v) is 5.03. The molecule has 0 unspecified atom stereocenters. The van der Waals surface area contributed by atoms with Gasteiger partial charge in [0.1, 0.15) is 5.54 Å². The lowest BCUT2D eigenvalue weighted by molar-refractivity contribution is 0.342. The van der Waals surface area contributed by atoms with Crippen molar-refractivity contribution >= 4 is 38.2 Å². The molecule has 1 aliphatic carbocycles. The topological polar surface area (TPSA) is 90.0 Å². The summed E-state index contributed by atoms with van der Waals surface area (Å²) in [6, 6.07) is 15.1. The number of nitrogens with one attached hydrogen (secondary N) is 1. The van der Waals surface area contributed by atoms with Gasteiger partial charge < -0.3 is 9.09 Å². The summed E-state index contributed by atoms with van der Waals surface area (Å²) in [6.07, 6.45) is 5.87. The lowest BCUT2D eigenvalue weighted by Crippen LogP contribution is -2.36. The standard InChI is InChI=1S/C23H23ClN4O3S/c1-3-23(16-9-11-17(24)12-10-16,22-25-21(31-26-22)15-7-8-15)28-14-13-18-19(27-32(2,29)30)5-4-6-20(18)28/h4-6,9-15,27H,3,7-8H2,1-2H3/t23-/m1/s1. The molecule has 2 aromatic carbocycles. The number of benzene rings is 2. The number of nitrogens with zero attached hydrogens (tertiary/aromatic N) is 3. The van der Waals surface area contributed by atoms with Gasteiger partial charge in [-0.2, -0.15) is 4.98 Å². The first-order valence-electron chi connectivity index (χ1n) is 10.5. The number of aromatic nitrogens is 3. The van der Waals surface area contributed by atoms with Crippen LogP contribution in [0.5, 0.6) is 0 Å². The van der Waals surface area contributed by atoms with Crippen molar-refractivity contribution < 1.29 is 12.9 Å². The molecule has 0 radical (unpaired) electrons. The molecule has 4 aromatic rings. The maximum absolute atomic E-state index is 11.9. The first-order valence-corrected chi connectivity index (χ1v) is 12.8. The van der Waals surface area contributed by atoms with Crippen molar-refractivity contribution in [2.24, 2.45) is 0 Å². The largest absolute Gasteiger partial charge is 0.339 e. The maximum atomic E-state index is 11.9. The number of hydrogen-bond acceptors (Lipinski definition) is 5. The highest BCUT2D eigenvalue weighted by Crippen LogP contribution is 2.43. The minimum Gasteiger partial charge on any atom is -0.339 e. The van der Waals surface area contributed by atoms with Crippen LogP contribution >= 0.6 is 11.6 Å². The van der Waals surface area contributed by atoms with Crippen molar-refractivity contribution in [3.63, 3.8) is 0 Å². The molecule has 2 heterocycles. The van der Waals surface area contributed by atoms with Gasteiger partial charge in [0.25, 0.3) is 0 Å². The van der Waals surface area contributed by atoms with Gasteiger partial charge in [-0.25, -0.2) is 8.42 Å². The van der Waals surface area contributed by atoms with Crippen LogP contribution in [0.2, 0.25) is 5.02 Å². The van der Waals surface area contributed by atoms with Gasteiger partial charge in [-0.15, -0.1) is 0 Å². The second kappa shape index (κ2) is 7.64. The van der Waals surface area contributed by atoms with Crippen LogP contribution in [0.25, 0.3) is 10.9 Å². The van der Waals surface area contributed by atoms with Crippen molar-refractivity contribution in [2.75, 3.05) is 11.0 Å². The summed E-state index contributed by atoms with van der Waals surface area (Å²) in [5.74, 6) is 1.58. The van der Waals surface area contributed by atoms with Crippen LogP contribution in [0.15, 0.2) is 59.3 Å². The third kappa shape index (κ3) is 3.57. The molecule has 1 aliphatic rings. The van der Waals surface area contributed by atoms with E-state index in [0.29, 0.717) is 34.8 Å². The first kappa shape index (κ1) is 21.0. The van der Waals surface area contributed by atoms with Crippen LogP contribution < -0.4 is 4.72 Å². The number of hydrogen-bond donors (Lipinski definition) is 1. The lowest BCUT2D eigenvalue weighted by Gasteiger charge is -2.33. The van der Waals surface area contributed by atoms with Gasteiger partial charge in [-0.3, -0.25) is 4.72 Å². The molecule has 0 amide bonds. The van der Waals surface area contributed by atoms with Crippen LogP contribution in [-0.2, 0) is 15.6 Å². The van der Waals surface area contributed by atoms with Crippen molar-refractivity contribution in [1.29, 1.82) is 0 Å². The van der Waals surface area contributed by atoms with Crippen LogP contribution in [-0.4, -0.2) is 29.4 Å². The Bertz CT molecular complexity index is 1390. The maximum Gasteiger partial charge on any atom is 0.229 e. The molecule has 166 valence electrons. The summed E-state index contributed by atoms with van der Waals surface area (Å²) < 4.78 is 34.1. The second-order valence-corrected chi connectivity index (χ2v) is 10.4. The molecule has 0 aliphatic heterocycles. The summed E-state index contributed by atoms with van der Waals surface area (Å²) in [5, 5.41) is 5.84. The summed E-state index contributed by atoms with van der Waals surface area (Å²) in [4.78, 5) is 4.82. The van der Waals surface area contributed by atoms with Gasteiger partial charge in [-0.05, 0) is 55.2 Å². The van der Waals surface area contributed by atoms with Crippen molar-refractivity contribution in [3.8, 4) is 0 Å². The third-order valence-electron chi connectivity index (χ3n) is 6.01. The highest BCUT2D eigenvalue weighted by Gasteiger charge is 2.41. The Morgan fingerprint density at radius 1 is 1.19 bits per heavy atom. The normalized spacial score (nSPS) is 16.2. The Morgan fingerprint density at radius 3 is 2.59 bits per heavy atom. The Kier molecular flexibility index (Phi) is 5.02. The number of sulfonamides is 1. The van der Waals surface area contributed by atoms with E-state index >= 15 is 0 Å². The molecule has 5 rings (SSSR count). The van der Waals surface area contributed by atoms with E-state index in [-0.39, 0.29) is 0 Å². The molecule has 1 saturated carbocycles. The van der Waals surface area contributed by atoms with Crippen LogP contribution in [0, 0.1) is 0 Å². The molecule has 32 heavy (non-hydrogen) atoms. The molecule has 2 aromatic heterocycles. The van der Waals surface area contributed by atoms with Gasteiger partial charge in [0.2, 0.25) is 21.7 Å². The van der Waals surface area contributed by atoms with E-state index in [0.717, 1.165) is 35.6 Å². The van der Waals surface area contributed by atoms with Crippen molar-refractivity contribution in [1.82, 2.24) is 14.7 Å². The molecular formula is C23H23ClN4O3S. The molecule has 0 spiro atoms.